The molecule has 3 N–H and O–H groups in total. The van der Waals surface area contributed by atoms with Gasteiger partial charge in [0, 0.05) is 12.8 Å². The topological polar surface area (TPSA) is 79.2 Å². The van der Waals surface area contributed by atoms with E-state index >= 15 is 0 Å². The van der Waals surface area contributed by atoms with Crippen molar-refractivity contribution in [3.63, 3.8) is 0 Å². The average molecular weight is 230 g/mol. The molecule has 4 atom stereocenters. The fourth-order valence-corrected chi connectivity index (χ4v) is 1.56. The highest BCUT2D eigenvalue weighted by Crippen LogP contribution is 2.21. The Morgan fingerprint density at radius 2 is 2.19 bits per heavy atom. The van der Waals surface area contributed by atoms with Gasteiger partial charge in [-0.3, -0.25) is 0 Å². The molecule has 1 rings (SSSR count). The fraction of sp³-hybridized carbons (Fsp3) is 0.818. The van der Waals surface area contributed by atoms with E-state index in [4.69, 9.17) is 21.0 Å². The van der Waals surface area contributed by atoms with E-state index < -0.39 is 24.6 Å². The molecule has 1 saturated heterocycles. The van der Waals surface area contributed by atoms with Crippen LogP contribution in [0.1, 0.15) is 19.3 Å². The van der Waals surface area contributed by atoms with Crippen LogP contribution in [0.2, 0.25) is 0 Å². The predicted octanol–water partition coefficient (Wildman–Crippen LogP) is -0.755. The van der Waals surface area contributed by atoms with Gasteiger partial charge in [0.2, 0.25) is 0 Å². The van der Waals surface area contributed by atoms with Gasteiger partial charge >= 0.3 is 0 Å². The third-order valence-electron chi connectivity index (χ3n) is 2.48. The molecule has 1 aliphatic heterocycles. The Labute approximate surface area is 95.0 Å². The summed E-state index contributed by atoms with van der Waals surface area (Å²) in [5.74, 6) is 2.49. The first kappa shape index (κ1) is 13.4. The summed E-state index contributed by atoms with van der Waals surface area (Å²) in [6.45, 7) is 0.0955. The van der Waals surface area contributed by atoms with Crippen LogP contribution in [0.4, 0.5) is 0 Å². The van der Waals surface area contributed by atoms with Gasteiger partial charge in [-0.1, -0.05) is 0 Å². The average Bonchev–Trinajstić information content (AvgIpc) is 2.29. The summed E-state index contributed by atoms with van der Waals surface area (Å²) in [5, 5.41) is 27.9. The number of hydrogen-bond acceptors (Lipinski definition) is 5. The van der Waals surface area contributed by atoms with Gasteiger partial charge in [-0.25, -0.2) is 0 Å². The van der Waals surface area contributed by atoms with E-state index in [0.29, 0.717) is 13.0 Å². The van der Waals surface area contributed by atoms with Crippen LogP contribution in [-0.4, -0.2) is 53.1 Å². The number of terminal acetylenes is 1. The normalized spacial score (nSPS) is 34.6. The Hall–Kier alpha value is -0.640. The summed E-state index contributed by atoms with van der Waals surface area (Å²) in [4.78, 5) is 0. The highest BCUT2D eigenvalue weighted by molar-refractivity contribution is 4.84. The maximum Gasteiger partial charge on any atom is 0.160 e. The Morgan fingerprint density at radius 1 is 1.44 bits per heavy atom. The summed E-state index contributed by atoms with van der Waals surface area (Å²) in [6.07, 6.45) is 3.27. The molecule has 92 valence electrons. The van der Waals surface area contributed by atoms with Crippen molar-refractivity contribution in [2.75, 3.05) is 13.2 Å². The minimum Gasteiger partial charge on any atom is -0.394 e. The molecule has 5 heteroatoms. The summed E-state index contributed by atoms with van der Waals surface area (Å²) in [5.41, 5.74) is 0. The lowest BCUT2D eigenvalue weighted by molar-refractivity contribution is -0.256. The van der Waals surface area contributed by atoms with Crippen LogP contribution in [0, 0.1) is 12.3 Å². The molecule has 0 aromatic heterocycles. The van der Waals surface area contributed by atoms with Crippen molar-refractivity contribution >= 4 is 0 Å². The molecule has 0 amide bonds. The van der Waals surface area contributed by atoms with E-state index in [2.05, 4.69) is 5.92 Å². The molecule has 1 aliphatic rings. The molecule has 1 fully saturated rings. The number of rotatable bonds is 5. The number of ether oxygens (including phenoxy) is 2. The summed E-state index contributed by atoms with van der Waals surface area (Å²) < 4.78 is 10.6. The first-order chi connectivity index (χ1) is 7.69. The standard InChI is InChI=1S/C11H18O5/c1-2-3-4-5-15-10-6-8(13)11(14)9(7-12)16-10/h1,8-14H,3-7H2. The van der Waals surface area contributed by atoms with Crippen LogP contribution in [-0.2, 0) is 9.47 Å². The predicted molar refractivity (Wildman–Crippen MR) is 56.4 cm³/mol. The second kappa shape index (κ2) is 6.84. The second-order valence-electron chi connectivity index (χ2n) is 3.76. The molecule has 1 heterocycles. The van der Waals surface area contributed by atoms with Crippen LogP contribution in [0.3, 0.4) is 0 Å². The largest absolute Gasteiger partial charge is 0.394 e. The van der Waals surface area contributed by atoms with Crippen molar-refractivity contribution < 1.29 is 24.8 Å². The number of aliphatic hydroxyl groups is 3. The van der Waals surface area contributed by atoms with E-state index in [1.165, 1.54) is 0 Å². The van der Waals surface area contributed by atoms with Crippen molar-refractivity contribution in [2.24, 2.45) is 0 Å². The van der Waals surface area contributed by atoms with Crippen molar-refractivity contribution in [1.29, 1.82) is 0 Å². The summed E-state index contributed by atoms with van der Waals surface area (Å²) in [6, 6.07) is 0. The van der Waals surface area contributed by atoms with E-state index in [1.54, 1.807) is 0 Å². The second-order valence-corrected chi connectivity index (χ2v) is 3.76. The van der Waals surface area contributed by atoms with Gasteiger partial charge in [0.05, 0.1) is 19.3 Å². The molecular weight excluding hydrogens is 212 g/mol. The van der Waals surface area contributed by atoms with Crippen LogP contribution in [0.25, 0.3) is 0 Å². The first-order valence-corrected chi connectivity index (χ1v) is 5.36. The molecular formula is C11H18O5. The maximum atomic E-state index is 9.50. The Bertz CT molecular complexity index is 237. The molecule has 0 radical (unpaired) electrons. The van der Waals surface area contributed by atoms with Crippen LogP contribution < -0.4 is 0 Å². The Kier molecular flexibility index (Phi) is 5.74. The fourth-order valence-electron chi connectivity index (χ4n) is 1.56. The molecule has 0 aromatic carbocycles. The van der Waals surface area contributed by atoms with Gasteiger partial charge in [0.15, 0.2) is 6.29 Å². The summed E-state index contributed by atoms with van der Waals surface area (Å²) in [7, 11) is 0. The lowest BCUT2D eigenvalue weighted by Gasteiger charge is -2.36. The van der Waals surface area contributed by atoms with Gasteiger partial charge < -0.3 is 24.8 Å². The molecule has 0 aromatic rings. The van der Waals surface area contributed by atoms with Gasteiger partial charge in [0.1, 0.15) is 12.2 Å². The van der Waals surface area contributed by atoms with E-state index in [-0.39, 0.29) is 13.0 Å². The minimum atomic E-state index is -1.06. The van der Waals surface area contributed by atoms with Crippen molar-refractivity contribution in [1.82, 2.24) is 0 Å². The number of unbranched alkanes of at least 4 members (excludes halogenated alkanes) is 1. The van der Waals surface area contributed by atoms with Gasteiger partial charge in [-0.15, -0.1) is 12.3 Å². The Morgan fingerprint density at radius 3 is 2.81 bits per heavy atom. The van der Waals surface area contributed by atoms with Gasteiger partial charge in [0.25, 0.3) is 0 Å². The number of aliphatic hydroxyl groups excluding tert-OH is 3. The smallest absolute Gasteiger partial charge is 0.160 e. The summed E-state index contributed by atoms with van der Waals surface area (Å²) >= 11 is 0. The van der Waals surface area contributed by atoms with E-state index in [9.17, 15) is 10.2 Å². The maximum absolute atomic E-state index is 9.50. The lowest BCUT2D eigenvalue weighted by Crippen LogP contribution is -2.50. The zero-order valence-electron chi connectivity index (χ0n) is 9.08. The van der Waals surface area contributed by atoms with Gasteiger partial charge in [-0.2, -0.15) is 0 Å². The van der Waals surface area contributed by atoms with Crippen molar-refractivity contribution in [3.8, 4) is 12.3 Å². The highest BCUT2D eigenvalue weighted by Gasteiger charge is 2.36. The number of hydrogen-bond donors (Lipinski definition) is 3. The first-order valence-electron chi connectivity index (χ1n) is 5.36. The highest BCUT2D eigenvalue weighted by atomic mass is 16.7. The van der Waals surface area contributed by atoms with Gasteiger partial charge in [-0.05, 0) is 6.42 Å². The minimum absolute atomic E-state index is 0.202. The third kappa shape index (κ3) is 3.74. The SMILES string of the molecule is C#CCCCOC1CC(O)C(O)C(CO)O1. The molecule has 0 aliphatic carbocycles. The molecule has 0 bridgehead atoms. The van der Waals surface area contributed by atoms with Crippen LogP contribution in [0.15, 0.2) is 0 Å². The zero-order chi connectivity index (χ0) is 12.0. The zero-order valence-corrected chi connectivity index (χ0v) is 9.08. The molecule has 0 spiro atoms. The van der Waals surface area contributed by atoms with Crippen molar-refractivity contribution in [3.05, 3.63) is 0 Å². The monoisotopic (exact) mass is 230 g/mol. The Balaban J connectivity index is 2.30. The molecule has 5 nitrogen and oxygen atoms in total. The molecule has 4 unspecified atom stereocenters. The molecule has 16 heavy (non-hydrogen) atoms. The lowest BCUT2D eigenvalue weighted by atomic mass is 10.0. The van der Waals surface area contributed by atoms with Crippen LogP contribution in [0.5, 0.6) is 0 Å². The van der Waals surface area contributed by atoms with E-state index in [1.807, 2.05) is 0 Å². The van der Waals surface area contributed by atoms with E-state index in [0.717, 1.165) is 6.42 Å². The van der Waals surface area contributed by atoms with Crippen molar-refractivity contribution in [2.45, 2.75) is 43.9 Å². The molecule has 0 saturated carbocycles. The van der Waals surface area contributed by atoms with Crippen LogP contribution >= 0.6 is 0 Å². The third-order valence-corrected chi connectivity index (χ3v) is 2.48. The quantitative estimate of drug-likeness (QED) is 0.427.